The van der Waals surface area contributed by atoms with Crippen molar-refractivity contribution in [2.75, 3.05) is 19.6 Å². The summed E-state index contributed by atoms with van der Waals surface area (Å²) in [6.45, 7) is 3.55. The second kappa shape index (κ2) is 7.11. The SMILES string of the molecule is O=C(Cc1noc2ccccc12)NCC1CCN(Cc2ccco2)C1. The molecule has 0 aliphatic carbocycles. The molecule has 4 rings (SSSR count). The van der Waals surface area contributed by atoms with Gasteiger partial charge in [0, 0.05) is 18.5 Å². The Morgan fingerprint density at radius 1 is 1.28 bits per heavy atom. The molecule has 1 amide bonds. The van der Waals surface area contributed by atoms with E-state index in [-0.39, 0.29) is 12.3 Å². The minimum atomic E-state index is -0.0106. The van der Waals surface area contributed by atoms with Crippen LogP contribution < -0.4 is 5.32 Å². The van der Waals surface area contributed by atoms with Gasteiger partial charge < -0.3 is 14.3 Å². The third-order valence-corrected chi connectivity index (χ3v) is 4.70. The molecular formula is C19H21N3O3. The zero-order valence-corrected chi connectivity index (χ0v) is 14.0. The number of aromatic nitrogens is 1. The number of benzene rings is 1. The highest BCUT2D eigenvalue weighted by molar-refractivity contribution is 5.86. The molecule has 1 unspecified atom stereocenters. The molecule has 0 saturated carbocycles. The topological polar surface area (TPSA) is 71.5 Å². The molecule has 130 valence electrons. The maximum absolute atomic E-state index is 12.2. The Bertz CT molecular complexity index is 841. The average molecular weight is 339 g/mol. The molecule has 1 atom stereocenters. The van der Waals surface area contributed by atoms with Crippen LogP contribution in [0.25, 0.3) is 11.0 Å². The lowest BCUT2D eigenvalue weighted by molar-refractivity contribution is -0.120. The first-order chi connectivity index (χ1) is 12.3. The van der Waals surface area contributed by atoms with Gasteiger partial charge in [-0.05, 0) is 43.1 Å². The van der Waals surface area contributed by atoms with Crippen LogP contribution in [0.15, 0.2) is 51.6 Å². The van der Waals surface area contributed by atoms with E-state index in [0.717, 1.165) is 42.8 Å². The van der Waals surface area contributed by atoms with Crippen LogP contribution in [0.3, 0.4) is 0 Å². The van der Waals surface area contributed by atoms with Gasteiger partial charge >= 0.3 is 0 Å². The first-order valence-electron chi connectivity index (χ1n) is 8.62. The summed E-state index contributed by atoms with van der Waals surface area (Å²) in [4.78, 5) is 14.6. The summed E-state index contributed by atoms with van der Waals surface area (Å²) >= 11 is 0. The molecule has 0 radical (unpaired) electrons. The van der Waals surface area contributed by atoms with Crippen molar-refractivity contribution in [1.29, 1.82) is 0 Å². The van der Waals surface area contributed by atoms with Crippen molar-refractivity contribution in [3.63, 3.8) is 0 Å². The fourth-order valence-electron chi connectivity index (χ4n) is 3.38. The van der Waals surface area contributed by atoms with Gasteiger partial charge in [-0.15, -0.1) is 0 Å². The summed E-state index contributed by atoms with van der Waals surface area (Å²) in [5.74, 6) is 1.46. The molecule has 2 aromatic heterocycles. The first-order valence-corrected chi connectivity index (χ1v) is 8.62. The van der Waals surface area contributed by atoms with Gasteiger partial charge in [0.2, 0.25) is 5.91 Å². The Morgan fingerprint density at radius 3 is 3.08 bits per heavy atom. The number of likely N-dealkylation sites (tertiary alicyclic amines) is 1. The zero-order chi connectivity index (χ0) is 17.1. The minimum Gasteiger partial charge on any atom is -0.468 e. The lowest BCUT2D eigenvalue weighted by Gasteiger charge is -2.14. The van der Waals surface area contributed by atoms with Crippen LogP contribution in [0.2, 0.25) is 0 Å². The van der Waals surface area contributed by atoms with Crippen LogP contribution in [0.1, 0.15) is 17.9 Å². The van der Waals surface area contributed by atoms with Crippen molar-refractivity contribution in [3.05, 3.63) is 54.1 Å². The Balaban J connectivity index is 1.25. The third-order valence-electron chi connectivity index (χ3n) is 4.70. The van der Waals surface area contributed by atoms with E-state index in [0.29, 0.717) is 18.2 Å². The minimum absolute atomic E-state index is 0.0106. The molecule has 1 saturated heterocycles. The van der Waals surface area contributed by atoms with Crippen molar-refractivity contribution >= 4 is 16.9 Å². The molecule has 1 N–H and O–H groups in total. The molecule has 1 fully saturated rings. The quantitative estimate of drug-likeness (QED) is 0.747. The molecule has 6 heteroatoms. The van der Waals surface area contributed by atoms with E-state index >= 15 is 0 Å². The number of hydrogen-bond donors (Lipinski definition) is 1. The molecule has 25 heavy (non-hydrogen) atoms. The molecule has 0 spiro atoms. The van der Waals surface area contributed by atoms with Crippen LogP contribution in [0.5, 0.6) is 0 Å². The number of nitrogens with one attached hydrogen (secondary N) is 1. The molecule has 1 aliphatic heterocycles. The van der Waals surface area contributed by atoms with Crippen LogP contribution in [-0.2, 0) is 17.8 Å². The second-order valence-electron chi connectivity index (χ2n) is 6.58. The van der Waals surface area contributed by atoms with Gasteiger partial charge in [-0.2, -0.15) is 0 Å². The van der Waals surface area contributed by atoms with Gasteiger partial charge in [0.15, 0.2) is 5.58 Å². The van der Waals surface area contributed by atoms with Gasteiger partial charge in [0.05, 0.1) is 19.2 Å². The van der Waals surface area contributed by atoms with E-state index in [1.54, 1.807) is 6.26 Å². The predicted molar refractivity (Wildman–Crippen MR) is 92.8 cm³/mol. The van der Waals surface area contributed by atoms with Gasteiger partial charge in [-0.25, -0.2) is 0 Å². The molecule has 1 aliphatic rings. The number of fused-ring (bicyclic) bond motifs is 1. The number of amides is 1. The maximum Gasteiger partial charge on any atom is 0.226 e. The predicted octanol–water partition coefficient (Wildman–Crippen LogP) is 2.60. The second-order valence-corrected chi connectivity index (χ2v) is 6.58. The molecule has 1 aromatic carbocycles. The normalized spacial score (nSPS) is 18.0. The fraction of sp³-hybridized carbons (Fsp3) is 0.368. The first kappa shape index (κ1) is 15.9. The third kappa shape index (κ3) is 3.74. The highest BCUT2D eigenvalue weighted by Crippen LogP contribution is 2.19. The summed E-state index contributed by atoms with van der Waals surface area (Å²) in [6, 6.07) is 11.5. The zero-order valence-electron chi connectivity index (χ0n) is 14.0. The van der Waals surface area contributed by atoms with E-state index in [1.807, 2.05) is 36.4 Å². The Morgan fingerprint density at radius 2 is 2.20 bits per heavy atom. The van der Waals surface area contributed by atoms with Crippen LogP contribution in [0.4, 0.5) is 0 Å². The van der Waals surface area contributed by atoms with Crippen LogP contribution in [-0.4, -0.2) is 35.6 Å². The standard InChI is InChI=1S/C19H21N3O3/c23-19(10-17-16-5-1-2-6-18(16)25-21-17)20-11-14-7-8-22(12-14)13-15-4-3-9-24-15/h1-6,9,14H,7-8,10-13H2,(H,20,23). The van der Waals surface area contributed by atoms with Crippen molar-refractivity contribution in [3.8, 4) is 0 Å². The van der Waals surface area contributed by atoms with Crippen molar-refractivity contribution in [1.82, 2.24) is 15.4 Å². The number of rotatable bonds is 6. The largest absolute Gasteiger partial charge is 0.468 e. The average Bonchev–Trinajstić information content (AvgIpc) is 3.36. The van der Waals surface area contributed by atoms with Crippen molar-refractivity contribution < 1.29 is 13.7 Å². The number of carbonyl (C=O) groups excluding carboxylic acids is 1. The summed E-state index contributed by atoms with van der Waals surface area (Å²) in [5.41, 5.74) is 1.41. The summed E-state index contributed by atoms with van der Waals surface area (Å²) in [6.07, 6.45) is 3.05. The number of hydrogen-bond acceptors (Lipinski definition) is 5. The van der Waals surface area contributed by atoms with Crippen LogP contribution >= 0.6 is 0 Å². The molecule has 3 aromatic rings. The Labute approximate surface area is 145 Å². The van der Waals surface area contributed by atoms with Gasteiger partial charge in [0.1, 0.15) is 11.5 Å². The van der Waals surface area contributed by atoms with Gasteiger partial charge in [-0.1, -0.05) is 17.3 Å². The molecular weight excluding hydrogens is 318 g/mol. The Hall–Kier alpha value is -2.60. The summed E-state index contributed by atoms with van der Waals surface area (Å²) in [7, 11) is 0. The lowest BCUT2D eigenvalue weighted by atomic mass is 10.1. The smallest absolute Gasteiger partial charge is 0.226 e. The molecule has 3 heterocycles. The number of nitrogens with zero attached hydrogens (tertiary/aromatic N) is 2. The number of para-hydroxylation sites is 1. The van der Waals surface area contributed by atoms with Crippen molar-refractivity contribution in [2.24, 2.45) is 5.92 Å². The van der Waals surface area contributed by atoms with Crippen molar-refractivity contribution in [2.45, 2.75) is 19.4 Å². The molecule has 0 bridgehead atoms. The summed E-state index contributed by atoms with van der Waals surface area (Å²) < 4.78 is 10.6. The number of carbonyl (C=O) groups is 1. The van der Waals surface area contributed by atoms with Gasteiger partial charge in [-0.3, -0.25) is 9.69 Å². The highest BCUT2D eigenvalue weighted by Gasteiger charge is 2.23. The van der Waals surface area contributed by atoms with E-state index in [2.05, 4.69) is 15.4 Å². The maximum atomic E-state index is 12.2. The summed E-state index contributed by atoms with van der Waals surface area (Å²) in [5, 5.41) is 7.96. The monoisotopic (exact) mass is 339 g/mol. The van der Waals surface area contributed by atoms with E-state index < -0.39 is 0 Å². The Kier molecular flexibility index (Phi) is 4.52. The highest BCUT2D eigenvalue weighted by atomic mass is 16.5. The molecule has 6 nitrogen and oxygen atoms in total. The number of furan rings is 1. The fourth-order valence-corrected chi connectivity index (χ4v) is 3.38. The lowest BCUT2D eigenvalue weighted by Crippen LogP contribution is -2.32. The van der Waals surface area contributed by atoms with Crippen LogP contribution in [0, 0.1) is 5.92 Å². The van der Waals surface area contributed by atoms with Gasteiger partial charge in [0.25, 0.3) is 0 Å². The van der Waals surface area contributed by atoms with E-state index in [9.17, 15) is 4.79 Å². The van der Waals surface area contributed by atoms with E-state index in [4.69, 9.17) is 8.94 Å². The van der Waals surface area contributed by atoms with E-state index in [1.165, 1.54) is 0 Å².